The standard InChI is InChI=1S/C11H18N2O3S/c1-16-11-5-4-10(9-13-11)8-12-6-3-7-17(2,14)15/h4-5,9,12H,3,6-8H2,1-2H3. The molecule has 6 heteroatoms. The van der Waals surface area contributed by atoms with Gasteiger partial charge in [-0.25, -0.2) is 13.4 Å². The van der Waals surface area contributed by atoms with Crippen molar-refractivity contribution < 1.29 is 13.2 Å². The maximum Gasteiger partial charge on any atom is 0.212 e. The molecule has 0 saturated heterocycles. The number of hydrogen-bond acceptors (Lipinski definition) is 5. The fourth-order valence-corrected chi connectivity index (χ4v) is 2.00. The number of nitrogens with one attached hydrogen (secondary N) is 1. The maximum absolute atomic E-state index is 10.9. The van der Waals surface area contributed by atoms with Crippen LogP contribution in [-0.2, 0) is 16.4 Å². The fourth-order valence-electron chi connectivity index (χ4n) is 1.33. The van der Waals surface area contributed by atoms with Crippen LogP contribution >= 0.6 is 0 Å². The van der Waals surface area contributed by atoms with Gasteiger partial charge in [0, 0.05) is 25.1 Å². The van der Waals surface area contributed by atoms with Crippen LogP contribution in [0.3, 0.4) is 0 Å². The van der Waals surface area contributed by atoms with Gasteiger partial charge in [-0.2, -0.15) is 0 Å². The van der Waals surface area contributed by atoms with Gasteiger partial charge in [0.15, 0.2) is 0 Å². The third kappa shape index (κ3) is 6.23. The maximum atomic E-state index is 10.9. The van der Waals surface area contributed by atoms with Crippen molar-refractivity contribution in [3.05, 3.63) is 23.9 Å². The predicted octanol–water partition coefficient (Wildman–Crippen LogP) is 0.615. The van der Waals surface area contributed by atoms with E-state index in [1.54, 1.807) is 19.4 Å². The Morgan fingerprint density at radius 3 is 2.71 bits per heavy atom. The molecule has 1 rings (SSSR count). The summed E-state index contributed by atoms with van der Waals surface area (Å²) in [6, 6.07) is 3.73. The number of rotatable bonds is 7. The van der Waals surface area contributed by atoms with E-state index in [-0.39, 0.29) is 5.75 Å². The van der Waals surface area contributed by atoms with Crippen molar-refractivity contribution in [2.45, 2.75) is 13.0 Å². The predicted molar refractivity (Wildman–Crippen MR) is 66.8 cm³/mol. The van der Waals surface area contributed by atoms with E-state index in [0.29, 0.717) is 25.4 Å². The SMILES string of the molecule is COc1ccc(CNCCCS(C)(=O)=O)cn1. The average Bonchev–Trinajstić information content (AvgIpc) is 2.28. The van der Waals surface area contributed by atoms with Crippen molar-refractivity contribution in [2.24, 2.45) is 0 Å². The molecule has 0 aliphatic heterocycles. The van der Waals surface area contributed by atoms with Gasteiger partial charge >= 0.3 is 0 Å². The first-order valence-corrected chi connectivity index (χ1v) is 7.44. The summed E-state index contributed by atoms with van der Waals surface area (Å²) in [6.45, 7) is 1.36. The molecule has 0 radical (unpaired) electrons. The average molecular weight is 258 g/mol. The minimum atomic E-state index is -2.85. The molecular weight excluding hydrogens is 240 g/mol. The largest absolute Gasteiger partial charge is 0.481 e. The fraction of sp³-hybridized carbons (Fsp3) is 0.545. The Balaban J connectivity index is 2.22. The molecule has 17 heavy (non-hydrogen) atoms. The first-order chi connectivity index (χ1) is 8.01. The van der Waals surface area contributed by atoms with E-state index in [0.717, 1.165) is 5.56 Å². The van der Waals surface area contributed by atoms with Crippen molar-refractivity contribution >= 4 is 9.84 Å². The van der Waals surface area contributed by atoms with Gasteiger partial charge in [-0.05, 0) is 18.5 Å². The zero-order chi connectivity index (χ0) is 12.7. The van der Waals surface area contributed by atoms with Crippen LogP contribution in [0.5, 0.6) is 5.88 Å². The molecule has 0 aliphatic carbocycles. The molecule has 0 aromatic carbocycles. The second-order valence-electron chi connectivity index (χ2n) is 3.87. The lowest BCUT2D eigenvalue weighted by Gasteiger charge is -2.05. The molecule has 1 aromatic heterocycles. The zero-order valence-corrected chi connectivity index (χ0v) is 11.0. The normalized spacial score (nSPS) is 11.4. The van der Waals surface area contributed by atoms with Crippen LogP contribution in [0.2, 0.25) is 0 Å². The van der Waals surface area contributed by atoms with Gasteiger partial charge in [-0.3, -0.25) is 0 Å². The monoisotopic (exact) mass is 258 g/mol. The topological polar surface area (TPSA) is 68.3 Å². The van der Waals surface area contributed by atoms with Crippen LogP contribution < -0.4 is 10.1 Å². The molecular formula is C11H18N2O3S. The van der Waals surface area contributed by atoms with Crippen LogP contribution in [0.1, 0.15) is 12.0 Å². The van der Waals surface area contributed by atoms with Gasteiger partial charge in [0.2, 0.25) is 5.88 Å². The lowest BCUT2D eigenvalue weighted by atomic mass is 10.3. The number of aromatic nitrogens is 1. The highest BCUT2D eigenvalue weighted by molar-refractivity contribution is 7.90. The first-order valence-electron chi connectivity index (χ1n) is 5.38. The van der Waals surface area contributed by atoms with Gasteiger partial charge in [-0.15, -0.1) is 0 Å². The third-order valence-corrected chi connectivity index (χ3v) is 3.23. The number of pyridine rings is 1. The number of nitrogens with zero attached hydrogens (tertiary/aromatic N) is 1. The van der Waals surface area contributed by atoms with E-state index in [1.165, 1.54) is 6.26 Å². The number of hydrogen-bond donors (Lipinski definition) is 1. The molecule has 0 bridgehead atoms. The second-order valence-corrected chi connectivity index (χ2v) is 6.13. The third-order valence-electron chi connectivity index (χ3n) is 2.20. The van der Waals surface area contributed by atoms with Crippen molar-refractivity contribution in [2.75, 3.05) is 25.7 Å². The highest BCUT2D eigenvalue weighted by Crippen LogP contribution is 2.06. The summed E-state index contributed by atoms with van der Waals surface area (Å²) >= 11 is 0. The van der Waals surface area contributed by atoms with Crippen LogP contribution in [0.4, 0.5) is 0 Å². The summed E-state index contributed by atoms with van der Waals surface area (Å²) in [4.78, 5) is 4.08. The molecule has 1 aromatic rings. The van der Waals surface area contributed by atoms with E-state index in [1.807, 2.05) is 6.07 Å². The Morgan fingerprint density at radius 1 is 1.41 bits per heavy atom. The molecule has 1 N–H and O–H groups in total. The van der Waals surface area contributed by atoms with Crippen molar-refractivity contribution in [1.82, 2.24) is 10.3 Å². The van der Waals surface area contributed by atoms with E-state index in [2.05, 4.69) is 10.3 Å². The van der Waals surface area contributed by atoms with Gasteiger partial charge in [0.1, 0.15) is 9.84 Å². The summed E-state index contributed by atoms with van der Waals surface area (Å²) in [7, 11) is -1.27. The Bertz CT molecular complexity index is 429. The van der Waals surface area contributed by atoms with Gasteiger partial charge in [0.05, 0.1) is 12.9 Å². The Morgan fingerprint density at radius 2 is 2.18 bits per heavy atom. The van der Waals surface area contributed by atoms with E-state index in [4.69, 9.17) is 4.74 Å². The molecule has 96 valence electrons. The molecule has 0 saturated carbocycles. The molecule has 0 spiro atoms. The number of methoxy groups -OCH3 is 1. The summed E-state index contributed by atoms with van der Waals surface area (Å²) < 4.78 is 26.7. The summed E-state index contributed by atoms with van der Waals surface area (Å²) in [5.41, 5.74) is 1.05. The molecule has 5 nitrogen and oxygen atoms in total. The lowest BCUT2D eigenvalue weighted by molar-refractivity contribution is 0.397. The van der Waals surface area contributed by atoms with Crippen molar-refractivity contribution in [3.63, 3.8) is 0 Å². The minimum Gasteiger partial charge on any atom is -0.481 e. The number of sulfone groups is 1. The van der Waals surface area contributed by atoms with E-state index >= 15 is 0 Å². The lowest BCUT2D eigenvalue weighted by Crippen LogP contribution is -2.17. The molecule has 0 aliphatic rings. The van der Waals surface area contributed by atoms with Crippen molar-refractivity contribution in [1.29, 1.82) is 0 Å². The smallest absolute Gasteiger partial charge is 0.212 e. The summed E-state index contributed by atoms with van der Waals surface area (Å²) in [5, 5.41) is 3.17. The van der Waals surface area contributed by atoms with Gasteiger partial charge < -0.3 is 10.1 Å². The van der Waals surface area contributed by atoms with Crippen LogP contribution in [-0.4, -0.2) is 39.1 Å². The van der Waals surface area contributed by atoms with Gasteiger partial charge in [0.25, 0.3) is 0 Å². The molecule has 0 atom stereocenters. The highest BCUT2D eigenvalue weighted by atomic mass is 32.2. The highest BCUT2D eigenvalue weighted by Gasteiger charge is 2.01. The molecule has 0 unspecified atom stereocenters. The van der Waals surface area contributed by atoms with Crippen LogP contribution in [0.15, 0.2) is 18.3 Å². The first kappa shape index (κ1) is 13.9. The molecule has 1 heterocycles. The minimum absolute atomic E-state index is 0.223. The van der Waals surface area contributed by atoms with Crippen molar-refractivity contribution in [3.8, 4) is 5.88 Å². The Hall–Kier alpha value is -1.14. The summed E-state index contributed by atoms with van der Waals surface area (Å²) in [6.07, 6.45) is 3.62. The molecule has 0 amide bonds. The Kier molecular flexibility index (Phi) is 5.37. The van der Waals surface area contributed by atoms with Crippen LogP contribution in [0.25, 0.3) is 0 Å². The second kappa shape index (κ2) is 6.56. The van der Waals surface area contributed by atoms with E-state index < -0.39 is 9.84 Å². The quantitative estimate of drug-likeness (QED) is 0.726. The van der Waals surface area contributed by atoms with E-state index in [9.17, 15) is 8.42 Å². The summed E-state index contributed by atoms with van der Waals surface area (Å²) in [5.74, 6) is 0.812. The molecule has 0 fully saturated rings. The Labute approximate surface area is 102 Å². The van der Waals surface area contributed by atoms with Gasteiger partial charge in [-0.1, -0.05) is 6.07 Å². The number of ether oxygens (including phenoxy) is 1. The van der Waals surface area contributed by atoms with Crippen LogP contribution in [0, 0.1) is 0 Å². The zero-order valence-electron chi connectivity index (χ0n) is 10.1.